The number of ether oxygens (including phenoxy) is 3. The van der Waals surface area contributed by atoms with Gasteiger partial charge in [0, 0.05) is 46.9 Å². The third-order valence-electron chi connectivity index (χ3n) is 3.64. The number of hydrogen-bond donors (Lipinski definition) is 1. The van der Waals surface area contributed by atoms with Crippen molar-refractivity contribution in [3.63, 3.8) is 0 Å². The Kier molecular flexibility index (Phi) is 8.82. The standard InChI is InChI=1S/C19H22Cl3NO3/c1-3-25-18-9-13(11-23-7-8-24-2)17(22)10-19(18)26-12-14-15(20)5-4-6-16(14)21/h4-6,9-10,23H,3,7-8,11-12H2,1-2H3. The van der Waals surface area contributed by atoms with E-state index < -0.39 is 0 Å². The lowest BCUT2D eigenvalue weighted by Crippen LogP contribution is -2.18. The molecule has 0 amide bonds. The molecular weight excluding hydrogens is 397 g/mol. The molecule has 0 saturated heterocycles. The van der Waals surface area contributed by atoms with Crippen molar-refractivity contribution in [2.75, 3.05) is 26.9 Å². The van der Waals surface area contributed by atoms with E-state index in [-0.39, 0.29) is 6.61 Å². The summed E-state index contributed by atoms with van der Waals surface area (Å²) < 4.78 is 16.6. The van der Waals surface area contributed by atoms with Gasteiger partial charge < -0.3 is 19.5 Å². The lowest BCUT2D eigenvalue weighted by molar-refractivity contribution is 0.199. The van der Waals surface area contributed by atoms with E-state index in [1.54, 1.807) is 31.4 Å². The molecule has 142 valence electrons. The summed E-state index contributed by atoms with van der Waals surface area (Å²) in [6.45, 7) is 4.64. The summed E-state index contributed by atoms with van der Waals surface area (Å²) in [4.78, 5) is 0. The SMILES string of the molecule is CCOc1cc(CNCCOC)c(Cl)cc1OCc1c(Cl)cccc1Cl. The van der Waals surface area contributed by atoms with Crippen molar-refractivity contribution < 1.29 is 14.2 Å². The van der Waals surface area contributed by atoms with Crippen LogP contribution in [0.25, 0.3) is 0 Å². The summed E-state index contributed by atoms with van der Waals surface area (Å²) in [5, 5.41) is 4.97. The van der Waals surface area contributed by atoms with Gasteiger partial charge in [0.1, 0.15) is 6.61 Å². The predicted molar refractivity (Wildman–Crippen MR) is 107 cm³/mol. The average molecular weight is 419 g/mol. The largest absolute Gasteiger partial charge is 0.490 e. The Morgan fingerprint density at radius 2 is 1.65 bits per heavy atom. The first-order valence-electron chi connectivity index (χ1n) is 8.27. The fraction of sp³-hybridized carbons (Fsp3) is 0.368. The first-order chi connectivity index (χ1) is 12.6. The minimum atomic E-state index is 0.223. The second-order valence-electron chi connectivity index (χ2n) is 5.48. The monoisotopic (exact) mass is 417 g/mol. The highest BCUT2D eigenvalue weighted by Gasteiger charge is 2.13. The highest BCUT2D eigenvalue weighted by atomic mass is 35.5. The first kappa shape index (κ1) is 21.1. The van der Waals surface area contributed by atoms with Crippen molar-refractivity contribution >= 4 is 34.8 Å². The molecule has 0 aliphatic carbocycles. The maximum absolute atomic E-state index is 6.40. The molecule has 2 aromatic rings. The van der Waals surface area contributed by atoms with Crippen LogP contribution in [0.5, 0.6) is 11.5 Å². The summed E-state index contributed by atoms with van der Waals surface area (Å²) in [6.07, 6.45) is 0. The summed E-state index contributed by atoms with van der Waals surface area (Å²) in [5.41, 5.74) is 1.65. The van der Waals surface area contributed by atoms with E-state index in [0.29, 0.717) is 46.3 Å². The molecule has 0 spiro atoms. The van der Waals surface area contributed by atoms with Crippen LogP contribution in [0.3, 0.4) is 0 Å². The van der Waals surface area contributed by atoms with Gasteiger partial charge in [-0.3, -0.25) is 0 Å². The summed E-state index contributed by atoms with van der Waals surface area (Å²) >= 11 is 18.8. The fourth-order valence-corrected chi connectivity index (χ4v) is 3.04. The lowest BCUT2D eigenvalue weighted by Gasteiger charge is -2.16. The normalized spacial score (nSPS) is 10.8. The van der Waals surface area contributed by atoms with Gasteiger partial charge in [0.2, 0.25) is 0 Å². The Labute approximate surface area is 169 Å². The number of nitrogens with one attached hydrogen (secondary N) is 1. The molecule has 2 rings (SSSR count). The van der Waals surface area contributed by atoms with Gasteiger partial charge in [0.05, 0.1) is 13.2 Å². The van der Waals surface area contributed by atoms with Crippen LogP contribution in [-0.4, -0.2) is 26.9 Å². The van der Waals surface area contributed by atoms with Crippen LogP contribution in [0.2, 0.25) is 15.1 Å². The third kappa shape index (κ3) is 5.93. The first-order valence-corrected chi connectivity index (χ1v) is 9.40. The molecule has 0 saturated carbocycles. The Balaban J connectivity index is 2.15. The number of hydrogen-bond acceptors (Lipinski definition) is 4. The maximum Gasteiger partial charge on any atom is 0.163 e. The Morgan fingerprint density at radius 1 is 0.962 bits per heavy atom. The van der Waals surface area contributed by atoms with Crippen LogP contribution in [0.1, 0.15) is 18.1 Å². The van der Waals surface area contributed by atoms with E-state index >= 15 is 0 Å². The minimum absolute atomic E-state index is 0.223. The fourth-order valence-electron chi connectivity index (χ4n) is 2.31. The second kappa shape index (κ2) is 10.9. The van der Waals surface area contributed by atoms with Gasteiger partial charge in [-0.2, -0.15) is 0 Å². The van der Waals surface area contributed by atoms with Crippen molar-refractivity contribution in [2.45, 2.75) is 20.1 Å². The molecule has 0 radical (unpaired) electrons. The van der Waals surface area contributed by atoms with E-state index in [1.165, 1.54) is 0 Å². The van der Waals surface area contributed by atoms with Crippen molar-refractivity contribution in [1.82, 2.24) is 5.32 Å². The number of halogens is 3. The Bertz CT molecular complexity index is 705. The molecule has 0 aromatic heterocycles. The smallest absolute Gasteiger partial charge is 0.163 e. The lowest BCUT2D eigenvalue weighted by atomic mass is 10.2. The van der Waals surface area contributed by atoms with Gasteiger partial charge in [-0.1, -0.05) is 40.9 Å². The molecular formula is C19H22Cl3NO3. The van der Waals surface area contributed by atoms with Gasteiger partial charge in [0.25, 0.3) is 0 Å². The molecule has 0 fully saturated rings. The van der Waals surface area contributed by atoms with Crippen molar-refractivity contribution in [1.29, 1.82) is 0 Å². The van der Waals surface area contributed by atoms with Crippen molar-refractivity contribution in [3.8, 4) is 11.5 Å². The average Bonchev–Trinajstić information content (AvgIpc) is 2.61. The minimum Gasteiger partial charge on any atom is -0.490 e. The molecule has 0 aliphatic heterocycles. The van der Waals surface area contributed by atoms with E-state index in [1.807, 2.05) is 13.0 Å². The Morgan fingerprint density at radius 3 is 2.31 bits per heavy atom. The number of benzene rings is 2. The van der Waals surface area contributed by atoms with Gasteiger partial charge in [0.15, 0.2) is 11.5 Å². The number of rotatable bonds is 10. The quantitative estimate of drug-likeness (QED) is 0.527. The zero-order valence-corrected chi connectivity index (χ0v) is 17.0. The maximum atomic E-state index is 6.40. The Hall–Kier alpha value is -1.17. The highest BCUT2D eigenvalue weighted by Crippen LogP contribution is 2.35. The molecule has 0 unspecified atom stereocenters. The molecule has 7 heteroatoms. The van der Waals surface area contributed by atoms with E-state index in [4.69, 9.17) is 49.0 Å². The van der Waals surface area contributed by atoms with E-state index in [0.717, 1.165) is 17.7 Å². The topological polar surface area (TPSA) is 39.7 Å². The molecule has 2 aromatic carbocycles. The summed E-state index contributed by atoms with van der Waals surface area (Å²) in [6, 6.07) is 8.98. The molecule has 0 bridgehead atoms. The van der Waals surface area contributed by atoms with Crippen molar-refractivity contribution in [3.05, 3.63) is 56.5 Å². The molecule has 1 N–H and O–H groups in total. The molecule has 0 heterocycles. The van der Waals surface area contributed by atoms with Gasteiger partial charge >= 0.3 is 0 Å². The van der Waals surface area contributed by atoms with Gasteiger partial charge in [-0.25, -0.2) is 0 Å². The predicted octanol–water partition coefficient (Wildman–Crippen LogP) is 5.36. The third-order valence-corrected chi connectivity index (χ3v) is 4.70. The van der Waals surface area contributed by atoms with Crippen LogP contribution in [0.4, 0.5) is 0 Å². The van der Waals surface area contributed by atoms with Crippen LogP contribution < -0.4 is 14.8 Å². The number of methoxy groups -OCH3 is 1. The molecule has 0 aliphatic rings. The van der Waals surface area contributed by atoms with E-state index in [9.17, 15) is 0 Å². The zero-order valence-electron chi connectivity index (χ0n) is 14.8. The highest BCUT2D eigenvalue weighted by molar-refractivity contribution is 6.36. The van der Waals surface area contributed by atoms with Gasteiger partial charge in [-0.05, 0) is 30.7 Å². The molecule has 0 atom stereocenters. The second-order valence-corrected chi connectivity index (χ2v) is 6.70. The molecule has 26 heavy (non-hydrogen) atoms. The van der Waals surface area contributed by atoms with E-state index in [2.05, 4.69) is 5.32 Å². The summed E-state index contributed by atoms with van der Waals surface area (Å²) in [7, 11) is 1.67. The van der Waals surface area contributed by atoms with Gasteiger partial charge in [-0.15, -0.1) is 0 Å². The summed E-state index contributed by atoms with van der Waals surface area (Å²) in [5.74, 6) is 1.18. The molecule has 4 nitrogen and oxygen atoms in total. The van der Waals surface area contributed by atoms with Crippen LogP contribution >= 0.6 is 34.8 Å². The van der Waals surface area contributed by atoms with Crippen LogP contribution in [0.15, 0.2) is 30.3 Å². The van der Waals surface area contributed by atoms with Crippen LogP contribution in [0, 0.1) is 0 Å². The zero-order chi connectivity index (χ0) is 18.9. The van der Waals surface area contributed by atoms with Crippen molar-refractivity contribution in [2.24, 2.45) is 0 Å². The van der Waals surface area contributed by atoms with Crippen LogP contribution in [-0.2, 0) is 17.9 Å².